The molecule has 2 rings (SSSR count). The average molecular weight is 453 g/mol. The largest absolute Gasteiger partial charge is 0.484 e. The number of nitriles is 1. The third-order valence-electron chi connectivity index (χ3n) is 4.14. The molecular formula is C21H22ClFN2O6. The summed E-state index contributed by atoms with van der Waals surface area (Å²) in [5.41, 5.74) is 5.85. The zero-order valence-corrected chi connectivity index (χ0v) is 17.5. The molecule has 0 saturated carbocycles. The van der Waals surface area contributed by atoms with E-state index in [4.69, 9.17) is 41.9 Å². The van der Waals surface area contributed by atoms with Gasteiger partial charge in [0.2, 0.25) is 0 Å². The average Bonchev–Trinajstić information content (AvgIpc) is 2.70. The fourth-order valence-corrected chi connectivity index (χ4v) is 2.46. The number of ether oxygens (including phenoxy) is 1. The Morgan fingerprint density at radius 3 is 2.23 bits per heavy atom. The Morgan fingerprint density at radius 1 is 1.23 bits per heavy atom. The second-order valence-corrected chi connectivity index (χ2v) is 7.40. The number of nitrogens with zero attached hydrogens (tertiary/aromatic N) is 1. The fourth-order valence-electron chi connectivity index (χ4n) is 2.31. The lowest BCUT2D eigenvalue weighted by molar-refractivity contribution is -0.159. The lowest BCUT2D eigenvalue weighted by Crippen LogP contribution is -2.44. The summed E-state index contributed by atoms with van der Waals surface area (Å²) < 4.78 is 19.5. The van der Waals surface area contributed by atoms with Gasteiger partial charge in [0.05, 0.1) is 16.2 Å². The summed E-state index contributed by atoms with van der Waals surface area (Å²) in [5, 5.41) is 34.0. The predicted molar refractivity (Wildman–Crippen MR) is 110 cm³/mol. The first-order chi connectivity index (χ1) is 14.4. The zero-order valence-electron chi connectivity index (χ0n) is 16.8. The molecule has 2 atom stereocenters. The van der Waals surface area contributed by atoms with Gasteiger partial charge >= 0.3 is 11.9 Å². The molecule has 0 fully saturated rings. The van der Waals surface area contributed by atoms with Crippen LogP contribution in [0.25, 0.3) is 0 Å². The van der Waals surface area contributed by atoms with Crippen LogP contribution >= 0.6 is 11.6 Å². The van der Waals surface area contributed by atoms with Crippen LogP contribution in [0.5, 0.6) is 5.75 Å². The van der Waals surface area contributed by atoms with E-state index in [1.165, 1.54) is 6.07 Å². The van der Waals surface area contributed by atoms with Crippen LogP contribution in [0.1, 0.15) is 37.5 Å². The van der Waals surface area contributed by atoms with Crippen molar-refractivity contribution in [1.29, 1.82) is 5.26 Å². The molecule has 0 spiro atoms. The van der Waals surface area contributed by atoms with Crippen LogP contribution in [0, 0.1) is 17.1 Å². The van der Waals surface area contributed by atoms with Crippen LogP contribution in [0.3, 0.4) is 0 Å². The van der Waals surface area contributed by atoms with E-state index in [1.807, 2.05) is 36.4 Å². The van der Waals surface area contributed by atoms with E-state index in [0.717, 1.165) is 11.6 Å². The number of carboxylic acids is 2. The quantitative estimate of drug-likeness (QED) is 0.487. The number of rotatable bonds is 6. The van der Waals surface area contributed by atoms with E-state index < -0.39 is 35.5 Å². The number of halogens is 2. The highest BCUT2D eigenvalue weighted by Gasteiger charge is 2.28. The highest BCUT2D eigenvalue weighted by Crippen LogP contribution is 2.32. The maximum Gasteiger partial charge on any atom is 0.414 e. The first-order valence-electron chi connectivity index (χ1n) is 8.91. The normalized spacial score (nSPS) is 12.5. The van der Waals surface area contributed by atoms with E-state index in [-0.39, 0.29) is 16.3 Å². The van der Waals surface area contributed by atoms with Gasteiger partial charge < -0.3 is 25.8 Å². The Labute approximate surface area is 183 Å². The molecule has 0 bridgehead atoms. The molecule has 0 aliphatic carbocycles. The zero-order chi connectivity index (χ0) is 23.8. The topological polar surface area (TPSA) is 154 Å². The van der Waals surface area contributed by atoms with Crippen molar-refractivity contribution in [2.24, 2.45) is 5.73 Å². The SMILES string of the molecule is CC(C)(O)[C@@H](N)C[C@@H](Oc1cc(Cl)c(F)cc1C#N)c1ccccc1.O=C(O)C(=O)O. The molecule has 5 N–H and O–H groups in total. The van der Waals surface area contributed by atoms with Crippen LogP contribution in [0.15, 0.2) is 42.5 Å². The second kappa shape index (κ2) is 11.3. The maximum absolute atomic E-state index is 13.6. The summed E-state index contributed by atoms with van der Waals surface area (Å²) in [7, 11) is 0. The fraction of sp³-hybridized carbons (Fsp3) is 0.286. The molecule has 2 aromatic rings. The molecule has 166 valence electrons. The van der Waals surface area contributed by atoms with Crippen molar-refractivity contribution < 1.29 is 34.0 Å². The number of nitrogens with two attached hydrogens (primary N) is 1. The van der Waals surface area contributed by atoms with Crippen molar-refractivity contribution in [3.63, 3.8) is 0 Å². The van der Waals surface area contributed by atoms with Gasteiger partial charge in [-0.3, -0.25) is 0 Å². The molecule has 0 saturated heterocycles. The van der Waals surface area contributed by atoms with E-state index >= 15 is 0 Å². The molecule has 8 nitrogen and oxygen atoms in total. The molecule has 0 radical (unpaired) electrons. The van der Waals surface area contributed by atoms with Crippen LogP contribution in [-0.4, -0.2) is 38.9 Å². The van der Waals surface area contributed by atoms with Crippen molar-refractivity contribution in [1.82, 2.24) is 0 Å². The highest BCUT2D eigenvalue weighted by atomic mass is 35.5. The van der Waals surface area contributed by atoms with Crippen LogP contribution < -0.4 is 10.5 Å². The van der Waals surface area contributed by atoms with Crippen molar-refractivity contribution in [3.8, 4) is 11.8 Å². The molecule has 10 heteroatoms. The van der Waals surface area contributed by atoms with Gasteiger partial charge in [0.1, 0.15) is 23.7 Å². The lowest BCUT2D eigenvalue weighted by Gasteiger charge is -2.30. The Kier molecular flexibility index (Phi) is 9.40. The highest BCUT2D eigenvalue weighted by molar-refractivity contribution is 6.30. The summed E-state index contributed by atoms with van der Waals surface area (Å²) in [5.74, 6) is -4.16. The number of aliphatic hydroxyl groups is 1. The minimum atomic E-state index is -1.82. The van der Waals surface area contributed by atoms with Gasteiger partial charge in [-0.1, -0.05) is 41.9 Å². The second-order valence-electron chi connectivity index (χ2n) is 7.00. The van der Waals surface area contributed by atoms with Gasteiger partial charge in [-0.05, 0) is 25.5 Å². The van der Waals surface area contributed by atoms with Gasteiger partial charge in [-0.25, -0.2) is 14.0 Å². The molecule has 0 aromatic heterocycles. The number of hydrogen-bond acceptors (Lipinski definition) is 6. The molecule has 0 aliphatic rings. The molecule has 0 aliphatic heterocycles. The van der Waals surface area contributed by atoms with Crippen molar-refractivity contribution in [2.75, 3.05) is 0 Å². The number of carboxylic acid groups (broad SMARTS) is 2. The minimum absolute atomic E-state index is 0.0414. The predicted octanol–water partition coefficient (Wildman–Crippen LogP) is 3.11. The van der Waals surface area contributed by atoms with E-state index in [0.29, 0.717) is 6.42 Å². The van der Waals surface area contributed by atoms with Crippen molar-refractivity contribution >= 4 is 23.5 Å². The number of aliphatic carboxylic acids is 2. The number of benzene rings is 2. The standard InChI is InChI=1S/C19H20ClFN2O2.C2H2O4/c1-19(2,24)18(23)10-17(12-6-4-3-5-7-12)25-16-9-14(20)15(21)8-13(16)11-22;3-1(4)2(5)6/h3-9,17-18,24H,10,23H2,1-2H3;(H,3,4)(H,5,6)/t17-,18+;/m1./s1. The van der Waals surface area contributed by atoms with E-state index in [2.05, 4.69) is 0 Å². The van der Waals surface area contributed by atoms with E-state index in [9.17, 15) is 14.8 Å². The van der Waals surface area contributed by atoms with Crippen molar-refractivity contribution in [2.45, 2.75) is 38.0 Å². The summed E-state index contributed by atoms with van der Waals surface area (Å²) in [6.45, 7) is 3.24. The Morgan fingerprint density at radius 2 is 1.77 bits per heavy atom. The van der Waals surface area contributed by atoms with Crippen LogP contribution in [0.4, 0.5) is 4.39 Å². The molecule has 31 heavy (non-hydrogen) atoms. The minimum Gasteiger partial charge on any atom is -0.484 e. The van der Waals surface area contributed by atoms with Crippen LogP contribution in [0.2, 0.25) is 5.02 Å². The molecular weight excluding hydrogens is 431 g/mol. The smallest absolute Gasteiger partial charge is 0.414 e. The molecule has 0 unspecified atom stereocenters. The third-order valence-corrected chi connectivity index (χ3v) is 4.43. The van der Waals surface area contributed by atoms with Gasteiger partial charge in [0, 0.05) is 18.5 Å². The summed E-state index contributed by atoms with van der Waals surface area (Å²) in [6, 6.07) is 12.9. The summed E-state index contributed by atoms with van der Waals surface area (Å²) >= 11 is 5.82. The Hall–Kier alpha value is -3.19. The lowest BCUT2D eigenvalue weighted by atomic mass is 9.92. The summed E-state index contributed by atoms with van der Waals surface area (Å²) in [6.07, 6.45) is -0.232. The first kappa shape index (κ1) is 25.8. The molecule has 0 amide bonds. The number of hydrogen-bond donors (Lipinski definition) is 4. The molecule has 2 aromatic carbocycles. The van der Waals surface area contributed by atoms with Crippen LogP contribution in [-0.2, 0) is 9.59 Å². The van der Waals surface area contributed by atoms with Gasteiger partial charge in [0.25, 0.3) is 0 Å². The Bertz CT molecular complexity index is 945. The Balaban J connectivity index is 0.000000703. The monoisotopic (exact) mass is 452 g/mol. The van der Waals surface area contributed by atoms with Gasteiger partial charge in [-0.2, -0.15) is 5.26 Å². The van der Waals surface area contributed by atoms with Crippen molar-refractivity contribution in [3.05, 3.63) is 64.4 Å². The number of carbonyl (C=O) groups is 2. The molecule has 0 heterocycles. The van der Waals surface area contributed by atoms with Gasteiger partial charge in [0.15, 0.2) is 0 Å². The van der Waals surface area contributed by atoms with Gasteiger partial charge in [-0.15, -0.1) is 0 Å². The van der Waals surface area contributed by atoms with E-state index in [1.54, 1.807) is 13.8 Å². The third kappa shape index (κ3) is 8.22. The maximum atomic E-state index is 13.6. The first-order valence-corrected chi connectivity index (χ1v) is 9.29. The summed E-state index contributed by atoms with van der Waals surface area (Å²) in [4.78, 5) is 18.2.